The van der Waals surface area contributed by atoms with Crippen molar-refractivity contribution in [3.63, 3.8) is 0 Å². The van der Waals surface area contributed by atoms with Crippen molar-refractivity contribution in [1.29, 1.82) is 0 Å². The topological polar surface area (TPSA) is 82.6 Å². The Bertz CT molecular complexity index is 1410. The van der Waals surface area contributed by atoms with E-state index < -0.39 is 12.1 Å². The van der Waals surface area contributed by atoms with E-state index in [2.05, 4.69) is 35.4 Å². The highest BCUT2D eigenvalue weighted by atomic mass is 32.1. The van der Waals surface area contributed by atoms with Crippen LogP contribution in [0.4, 0.5) is 0 Å². The highest BCUT2D eigenvalue weighted by Gasteiger charge is 2.43. The highest BCUT2D eigenvalue weighted by molar-refractivity contribution is 7.13. The van der Waals surface area contributed by atoms with Gasteiger partial charge in [0, 0.05) is 18.7 Å². The molecule has 2 aliphatic rings. The largest absolute Gasteiger partial charge is 0.348 e. The molecule has 0 spiro atoms. The van der Waals surface area contributed by atoms with Gasteiger partial charge in [-0.1, -0.05) is 50.2 Å². The molecule has 2 aliphatic heterocycles. The van der Waals surface area contributed by atoms with Gasteiger partial charge in [-0.15, -0.1) is 11.3 Å². The highest BCUT2D eigenvalue weighted by Crippen LogP contribution is 2.32. The van der Waals surface area contributed by atoms with Crippen LogP contribution in [-0.4, -0.2) is 51.1 Å². The quantitative estimate of drug-likeness (QED) is 0.439. The summed E-state index contributed by atoms with van der Waals surface area (Å²) in [4.78, 5) is 49.5. The fourth-order valence-corrected chi connectivity index (χ4v) is 6.82. The van der Waals surface area contributed by atoms with E-state index in [-0.39, 0.29) is 29.7 Å². The van der Waals surface area contributed by atoms with E-state index in [1.165, 1.54) is 0 Å². The normalized spacial score (nSPS) is 18.4. The van der Waals surface area contributed by atoms with Gasteiger partial charge in [0.1, 0.15) is 12.1 Å². The van der Waals surface area contributed by atoms with E-state index in [1.54, 1.807) is 21.1 Å². The van der Waals surface area contributed by atoms with E-state index in [0.29, 0.717) is 25.1 Å². The van der Waals surface area contributed by atoms with Crippen LogP contribution in [0, 0.1) is 19.8 Å². The third-order valence-corrected chi connectivity index (χ3v) is 8.99. The summed E-state index contributed by atoms with van der Waals surface area (Å²) in [5, 5.41) is 3.17. The number of amides is 3. The maximum atomic E-state index is 13.9. The molecule has 39 heavy (non-hydrogen) atoms. The molecule has 3 amide bonds. The Morgan fingerprint density at radius 3 is 2.54 bits per heavy atom. The molecule has 0 aliphatic carbocycles. The first kappa shape index (κ1) is 27.1. The average molecular weight is 545 g/mol. The maximum Gasteiger partial charge on any atom is 0.255 e. The van der Waals surface area contributed by atoms with Gasteiger partial charge in [-0.3, -0.25) is 14.4 Å². The van der Waals surface area contributed by atoms with Gasteiger partial charge in [0.15, 0.2) is 0 Å². The Morgan fingerprint density at radius 2 is 1.87 bits per heavy atom. The van der Waals surface area contributed by atoms with E-state index in [9.17, 15) is 14.4 Å². The van der Waals surface area contributed by atoms with Crippen LogP contribution in [0.5, 0.6) is 0 Å². The van der Waals surface area contributed by atoms with Crippen molar-refractivity contribution in [1.82, 2.24) is 20.1 Å². The molecule has 3 aromatic rings. The maximum absolute atomic E-state index is 13.9. The summed E-state index contributed by atoms with van der Waals surface area (Å²) in [6.45, 7) is 10.9. The molecule has 2 aromatic carbocycles. The molecule has 204 valence electrons. The van der Waals surface area contributed by atoms with E-state index in [1.807, 2.05) is 57.5 Å². The minimum atomic E-state index is -0.610. The molecule has 1 fully saturated rings. The Labute approximate surface area is 234 Å². The van der Waals surface area contributed by atoms with Crippen LogP contribution in [0.2, 0.25) is 0 Å². The van der Waals surface area contributed by atoms with Crippen LogP contribution in [0.25, 0.3) is 10.4 Å². The van der Waals surface area contributed by atoms with Crippen molar-refractivity contribution < 1.29 is 14.4 Å². The number of nitrogens with zero attached hydrogens (tertiary/aromatic N) is 3. The number of hydrogen-bond acceptors (Lipinski definition) is 5. The second kappa shape index (κ2) is 10.9. The summed E-state index contributed by atoms with van der Waals surface area (Å²) in [5.41, 5.74) is 7.74. The van der Waals surface area contributed by atoms with Gasteiger partial charge in [0.25, 0.3) is 5.91 Å². The van der Waals surface area contributed by atoms with Crippen molar-refractivity contribution in [2.45, 2.75) is 72.1 Å². The number of hydrogen-bond donors (Lipinski definition) is 1. The Hall–Kier alpha value is -3.52. The fraction of sp³-hybridized carbons (Fsp3) is 0.419. The monoisotopic (exact) mass is 544 g/mol. The smallest absolute Gasteiger partial charge is 0.255 e. The lowest BCUT2D eigenvalue weighted by Crippen LogP contribution is -2.55. The van der Waals surface area contributed by atoms with Crippen molar-refractivity contribution in [3.8, 4) is 10.4 Å². The van der Waals surface area contributed by atoms with Crippen LogP contribution in [0.3, 0.4) is 0 Å². The number of carbonyl (C=O) groups excluding carboxylic acids is 3. The number of aromatic nitrogens is 1. The van der Waals surface area contributed by atoms with Crippen molar-refractivity contribution in [3.05, 3.63) is 75.9 Å². The Balaban J connectivity index is 1.30. The second-order valence-corrected chi connectivity index (χ2v) is 11.9. The summed E-state index contributed by atoms with van der Waals surface area (Å²) in [7, 11) is 0. The Morgan fingerprint density at radius 1 is 1.10 bits per heavy atom. The number of likely N-dealkylation sites (tertiary alicyclic amines) is 1. The molecule has 0 radical (unpaired) electrons. The van der Waals surface area contributed by atoms with E-state index in [4.69, 9.17) is 0 Å². The van der Waals surface area contributed by atoms with Crippen LogP contribution in [0.1, 0.15) is 72.4 Å². The van der Waals surface area contributed by atoms with Crippen LogP contribution in [0.15, 0.2) is 48.0 Å². The number of rotatable bonds is 7. The molecular weight excluding hydrogens is 508 g/mol. The first-order valence-electron chi connectivity index (χ1n) is 13.7. The van der Waals surface area contributed by atoms with Gasteiger partial charge in [-0.25, -0.2) is 4.98 Å². The van der Waals surface area contributed by atoms with Gasteiger partial charge in [0.05, 0.1) is 22.1 Å². The lowest BCUT2D eigenvalue weighted by atomic mass is 9.98. The van der Waals surface area contributed by atoms with Crippen LogP contribution >= 0.6 is 11.3 Å². The third-order valence-electron chi connectivity index (χ3n) is 8.01. The molecule has 5 rings (SSSR count). The fourth-order valence-electron chi connectivity index (χ4n) is 6.02. The molecular formula is C31H36N4O3S. The molecule has 0 bridgehead atoms. The molecule has 0 unspecified atom stereocenters. The number of carbonyl (C=O) groups is 3. The standard InChI is InChI=1S/C31H36N4O3S/c1-18(2)27(35-16-23-9-6-7-10-25(23)30(35)37)31(38)34-14-8-11-26(34)29(36)33-20(4)24-13-12-22(15-19(24)3)28-21(5)32-17-39-28/h6-7,9-10,12-13,15,17-18,20,26-27H,8,11,14,16H2,1-5H3,(H,33,36)/t20-,26-,27-/m0/s1. The van der Waals surface area contributed by atoms with Crippen molar-refractivity contribution >= 4 is 29.1 Å². The molecule has 3 atom stereocenters. The predicted molar refractivity (Wildman–Crippen MR) is 153 cm³/mol. The molecule has 8 heteroatoms. The van der Waals surface area contributed by atoms with Crippen LogP contribution in [-0.2, 0) is 16.1 Å². The van der Waals surface area contributed by atoms with Gasteiger partial charge in [0.2, 0.25) is 11.8 Å². The molecule has 7 nitrogen and oxygen atoms in total. The van der Waals surface area contributed by atoms with Gasteiger partial charge >= 0.3 is 0 Å². The number of fused-ring (bicyclic) bond motifs is 1. The summed E-state index contributed by atoms with van der Waals surface area (Å²) in [5.74, 6) is -0.480. The molecule has 0 saturated carbocycles. The predicted octanol–water partition coefficient (Wildman–Crippen LogP) is 5.28. The molecule has 3 heterocycles. The van der Waals surface area contributed by atoms with E-state index >= 15 is 0 Å². The first-order valence-corrected chi connectivity index (χ1v) is 14.6. The summed E-state index contributed by atoms with van der Waals surface area (Å²) >= 11 is 1.62. The Kier molecular flexibility index (Phi) is 7.58. The molecule has 1 saturated heterocycles. The van der Waals surface area contributed by atoms with Gasteiger partial charge in [-0.05, 0) is 67.9 Å². The molecule has 1 aromatic heterocycles. The first-order chi connectivity index (χ1) is 18.7. The molecule has 1 N–H and O–H groups in total. The minimum absolute atomic E-state index is 0.0812. The number of benzene rings is 2. The van der Waals surface area contributed by atoms with Crippen molar-refractivity contribution in [2.75, 3.05) is 6.54 Å². The minimum Gasteiger partial charge on any atom is -0.348 e. The number of aryl methyl sites for hydroxylation is 2. The second-order valence-electron chi connectivity index (χ2n) is 11.0. The summed E-state index contributed by atoms with van der Waals surface area (Å²) < 4.78 is 0. The lowest BCUT2D eigenvalue weighted by Gasteiger charge is -2.35. The zero-order chi connectivity index (χ0) is 27.8. The zero-order valence-electron chi connectivity index (χ0n) is 23.2. The number of thiazole rings is 1. The van der Waals surface area contributed by atoms with E-state index in [0.717, 1.165) is 39.2 Å². The average Bonchev–Trinajstić information content (AvgIpc) is 3.63. The number of nitrogens with one attached hydrogen (secondary N) is 1. The summed E-state index contributed by atoms with van der Waals surface area (Å²) in [6.07, 6.45) is 1.38. The van der Waals surface area contributed by atoms with Crippen molar-refractivity contribution in [2.24, 2.45) is 5.92 Å². The van der Waals surface area contributed by atoms with Gasteiger partial charge < -0.3 is 15.1 Å². The third kappa shape index (κ3) is 5.10. The zero-order valence-corrected chi connectivity index (χ0v) is 24.0. The summed E-state index contributed by atoms with van der Waals surface area (Å²) in [6, 6.07) is 12.5. The van der Waals surface area contributed by atoms with Crippen LogP contribution < -0.4 is 5.32 Å². The lowest BCUT2D eigenvalue weighted by molar-refractivity contribution is -0.143. The SMILES string of the molecule is Cc1cc(-c2scnc2C)ccc1[C@H](C)NC(=O)[C@@H]1CCCN1C(=O)[C@H](C(C)C)N1Cc2ccccc2C1=O. The van der Waals surface area contributed by atoms with Gasteiger partial charge in [-0.2, -0.15) is 0 Å².